The monoisotopic (exact) mass is 294 g/mol. The average molecular weight is 294 g/mol. The Balaban J connectivity index is 2.22. The van der Waals surface area contributed by atoms with E-state index in [1.807, 2.05) is 11.5 Å². The number of thioether (sulfide) groups is 1. The van der Waals surface area contributed by atoms with Crippen LogP contribution in [0.3, 0.4) is 0 Å². The van der Waals surface area contributed by atoms with Gasteiger partial charge in [0.2, 0.25) is 0 Å². The molecule has 6 nitrogen and oxygen atoms in total. The molecule has 0 saturated heterocycles. The summed E-state index contributed by atoms with van der Waals surface area (Å²) in [5, 5.41) is 0.840. The van der Waals surface area contributed by atoms with Gasteiger partial charge in [0.1, 0.15) is 0 Å². The molecule has 0 N–H and O–H groups in total. The van der Waals surface area contributed by atoms with Crippen molar-refractivity contribution in [2.45, 2.75) is 31.5 Å². The molecule has 108 valence electrons. The first-order chi connectivity index (χ1) is 9.54. The highest BCUT2D eigenvalue weighted by atomic mass is 32.2. The summed E-state index contributed by atoms with van der Waals surface area (Å²) >= 11 is 1.69. The number of nitrogens with zero attached hydrogens (tertiary/aromatic N) is 4. The highest BCUT2D eigenvalue weighted by molar-refractivity contribution is 7.99. The smallest absolute Gasteiger partial charge is 0.313 e. The van der Waals surface area contributed by atoms with Gasteiger partial charge in [0.25, 0.3) is 5.56 Å². The van der Waals surface area contributed by atoms with Crippen LogP contribution in [0.1, 0.15) is 19.8 Å². The number of imidazole rings is 1. The summed E-state index contributed by atoms with van der Waals surface area (Å²) in [5.41, 5.74) is 0.409. The normalized spacial score (nSPS) is 15.2. The third-order valence-electron chi connectivity index (χ3n) is 3.77. The predicted octanol–water partition coefficient (Wildman–Crippen LogP) is 0.956. The van der Waals surface area contributed by atoms with Crippen LogP contribution in [0, 0.1) is 5.92 Å². The number of hydrogen-bond donors (Lipinski definition) is 0. The SMILES string of the molecule is CCn1c(SCC2CC2)nc2c1c(=O)n(C)c(=O)n2C. The zero-order valence-electron chi connectivity index (χ0n) is 11.9. The molecule has 2 aromatic rings. The van der Waals surface area contributed by atoms with Crippen LogP contribution < -0.4 is 11.2 Å². The predicted molar refractivity (Wildman–Crippen MR) is 79.3 cm³/mol. The minimum Gasteiger partial charge on any atom is -0.313 e. The second kappa shape index (κ2) is 4.80. The van der Waals surface area contributed by atoms with Crippen LogP contribution in [0.25, 0.3) is 11.2 Å². The Morgan fingerprint density at radius 3 is 2.55 bits per heavy atom. The van der Waals surface area contributed by atoms with E-state index >= 15 is 0 Å². The van der Waals surface area contributed by atoms with Gasteiger partial charge in [0.15, 0.2) is 16.3 Å². The Kier molecular flexibility index (Phi) is 3.24. The summed E-state index contributed by atoms with van der Waals surface area (Å²) in [7, 11) is 3.17. The summed E-state index contributed by atoms with van der Waals surface area (Å²) in [4.78, 5) is 28.8. The molecule has 0 unspecified atom stereocenters. The Labute approximate surface area is 120 Å². The van der Waals surface area contributed by atoms with Crippen molar-refractivity contribution >= 4 is 22.9 Å². The van der Waals surface area contributed by atoms with Crippen molar-refractivity contribution in [1.29, 1.82) is 0 Å². The minimum absolute atomic E-state index is 0.268. The van der Waals surface area contributed by atoms with Gasteiger partial charge in [0, 0.05) is 26.4 Å². The van der Waals surface area contributed by atoms with Gasteiger partial charge in [-0.3, -0.25) is 13.9 Å². The Morgan fingerprint density at radius 2 is 1.95 bits per heavy atom. The fraction of sp³-hybridized carbons (Fsp3) is 0.615. The van der Waals surface area contributed by atoms with Gasteiger partial charge in [-0.15, -0.1) is 0 Å². The summed E-state index contributed by atoms with van der Waals surface area (Å²) in [5.74, 6) is 1.83. The number of hydrogen-bond acceptors (Lipinski definition) is 4. The maximum atomic E-state index is 12.3. The number of fused-ring (bicyclic) bond motifs is 1. The van der Waals surface area contributed by atoms with E-state index < -0.39 is 0 Å². The Hall–Kier alpha value is -1.50. The molecule has 7 heteroatoms. The van der Waals surface area contributed by atoms with Crippen molar-refractivity contribution in [2.75, 3.05) is 5.75 Å². The van der Waals surface area contributed by atoms with E-state index in [4.69, 9.17) is 0 Å². The van der Waals surface area contributed by atoms with Crippen LogP contribution in [0.4, 0.5) is 0 Å². The first-order valence-electron chi connectivity index (χ1n) is 6.83. The van der Waals surface area contributed by atoms with E-state index in [2.05, 4.69) is 4.98 Å². The van der Waals surface area contributed by atoms with Crippen molar-refractivity contribution in [1.82, 2.24) is 18.7 Å². The maximum Gasteiger partial charge on any atom is 0.332 e. The highest BCUT2D eigenvalue weighted by Gasteiger charge is 2.24. The lowest BCUT2D eigenvalue weighted by Gasteiger charge is -2.06. The van der Waals surface area contributed by atoms with Crippen molar-refractivity contribution in [3.63, 3.8) is 0 Å². The first kappa shape index (κ1) is 13.5. The lowest BCUT2D eigenvalue weighted by atomic mass is 10.5. The molecule has 2 heterocycles. The second-order valence-corrected chi connectivity index (χ2v) is 6.26. The molecule has 0 spiro atoms. The maximum absolute atomic E-state index is 12.3. The average Bonchev–Trinajstić information content (AvgIpc) is 3.20. The molecule has 1 aliphatic rings. The van der Waals surface area contributed by atoms with Crippen molar-refractivity contribution < 1.29 is 0 Å². The Bertz CT molecular complexity index is 782. The van der Waals surface area contributed by atoms with Gasteiger partial charge < -0.3 is 4.57 Å². The van der Waals surface area contributed by atoms with Crippen LogP contribution >= 0.6 is 11.8 Å². The summed E-state index contributed by atoms with van der Waals surface area (Å²) in [6.45, 7) is 2.67. The molecular formula is C13H18N4O2S. The highest BCUT2D eigenvalue weighted by Crippen LogP contribution is 2.35. The molecule has 0 bridgehead atoms. The largest absolute Gasteiger partial charge is 0.332 e. The van der Waals surface area contributed by atoms with Crippen LogP contribution in [-0.4, -0.2) is 24.4 Å². The van der Waals surface area contributed by atoms with Gasteiger partial charge in [-0.05, 0) is 25.7 Å². The summed E-state index contributed by atoms with van der Waals surface area (Å²) < 4.78 is 4.51. The van der Waals surface area contributed by atoms with E-state index in [0.717, 1.165) is 21.4 Å². The lowest BCUT2D eigenvalue weighted by molar-refractivity contribution is 0.684. The van der Waals surface area contributed by atoms with Crippen molar-refractivity contribution in [2.24, 2.45) is 20.0 Å². The van der Waals surface area contributed by atoms with Gasteiger partial charge >= 0.3 is 5.69 Å². The van der Waals surface area contributed by atoms with Crippen LogP contribution in [0.5, 0.6) is 0 Å². The molecule has 0 radical (unpaired) electrons. The molecule has 0 aromatic carbocycles. The van der Waals surface area contributed by atoms with Crippen molar-refractivity contribution in [3.05, 3.63) is 20.8 Å². The minimum atomic E-state index is -0.331. The van der Waals surface area contributed by atoms with Crippen LogP contribution in [0.15, 0.2) is 14.7 Å². The standard InChI is InChI=1S/C13H18N4O2S/c1-4-17-9-10(14-12(17)20-7-8-5-6-8)15(2)13(19)16(3)11(9)18/h8H,4-7H2,1-3H3. The number of rotatable bonds is 4. The van der Waals surface area contributed by atoms with Gasteiger partial charge in [-0.25, -0.2) is 9.78 Å². The van der Waals surface area contributed by atoms with Gasteiger partial charge in [0.05, 0.1) is 0 Å². The summed E-state index contributed by atoms with van der Waals surface area (Å²) in [6.07, 6.45) is 2.58. The number of aryl methyl sites for hydroxylation is 2. The second-order valence-electron chi connectivity index (χ2n) is 5.27. The third kappa shape index (κ3) is 2.00. The van der Waals surface area contributed by atoms with E-state index in [0.29, 0.717) is 17.7 Å². The van der Waals surface area contributed by atoms with Crippen LogP contribution in [0.2, 0.25) is 0 Å². The van der Waals surface area contributed by atoms with E-state index in [9.17, 15) is 9.59 Å². The molecule has 0 atom stereocenters. The fourth-order valence-corrected chi connectivity index (χ4v) is 3.55. The van der Waals surface area contributed by atoms with Gasteiger partial charge in [-0.2, -0.15) is 0 Å². The van der Waals surface area contributed by atoms with Gasteiger partial charge in [-0.1, -0.05) is 11.8 Å². The quantitative estimate of drug-likeness (QED) is 0.788. The summed E-state index contributed by atoms with van der Waals surface area (Å²) in [6, 6.07) is 0. The zero-order valence-corrected chi connectivity index (χ0v) is 12.7. The fourth-order valence-electron chi connectivity index (χ4n) is 2.31. The molecule has 0 amide bonds. The molecule has 2 aromatic heterocycles. The molecular weight excluding hydrogens is 276 g/mol. The topological polar surface area (TPSA) is 61.8 Å². The first-order valence-corrected chi connectivity index (χ1v) is 7.82. The third-order valence-corrected chi connectivity index (χ3v) is 4.98. The molecule has 1 fully saturated rings. The van der Waals surface area contributed by atoms with E-state index in [1.165, 1.54) is 24.5 Å². The number of aromatic nitrogens is 4. The van der Waals surface area contributed by atoms with Crippen molar-refractivity contribution in [3.8, 4) is 0 Å². The molecule has 1 aliphatic carbocycles. The molecule has 3 rings (SSSR count). The molecule has 1 saturated carbocycles. The van der Waals surface area contributed by atoms with Crippen LogP contribution in [-0.2, 0) is 20.6 Å². The Morgan fingerprint density at radius 1 is 1.25 bits per heavy atom. The molecule has 0 aliphatic heterocycles. The van der Waals surface area contributed by atoms with E-state index in [1.54, 1.807) is 18.8 Å². The van der Waals surface area contributed by atoms with E-state index in [-0.39, 0.29) is 11.2 Å². The zero-order chi connectivity index (χ0) is 14.4. The lowest BCUT2D eigenvalue weighted by Crippen LogP contribution is -2.37. The molecule has 20 heavy (non-hydrogen) atoms.